The summed E-state index contributed by atoms with van der Waals surface area (Å²) >= 11 is 0. The maximum atomic E-state index is 12.3. The van der Waals surface area contributed by atoms with Crippen LogP contribution >= 0.6 is 0 Å². The average molecular weight is 337 g/mol. The average Bonchev–Trinajstić information content (AvgIpc) is 3.16. The molecular formula is C21H23NO3. The Morgan fingerprint density at radius 3 is 2.36 bits per heavy atom. The number of hydrogen-bond donors (Lipinski definition) is 0. The number of amides is 1. The molecule has 1 amide bonds. The molecule has 4 nitrogen and oxygen atoms in total. The predicted octanol–water partition coefficient (Wildman–Crippen LogP) is 3.90. The quantitative estimate of drug-likeness (QED) is 0.795. The number of hydrogen-bond acceptors (Lipinski definition) is 3. The number of nitrogens with zero attached hydrogens (tertiary/aromatic N) is 1. The van der Waals surface area contributed by atoms with E-state index in [2.05, 4.69) is 0 Å². The SMILES string of the molecule is Cc1ccc(C)c(C(=O)OCc2ccc(C(=O)N3CCCC3)cc2)c1. The van der Waals surface area contributed by atoms with Gasteiger partial charge in [0.15, 0.2) is 0 Å². The van der Waals surface area contributed by atoms with Gasteiger partial charge in [-0.3, -0.25) is 4.79 Å². The van der Waals surface area contributed by atoms with Crippen LogP contribution in [0, 0.1) is 13.8 Å². The Hall–Kier alpha value is -2.62. The second-order valence-corrected chi connectivity index (χ2v) is 6.59. The number of likely N-dealkylation sites (tertiary alicyclic amines) is 1. The molecule has 3 rings (SSSR count). The van der Waals surface area contributed by atoms with Crippen molar-refractivity contribution in [2.45, 2.75) is 33.3 Å². The molecule has 0 saturated carbocycles. The van der Waals surface area contributed by atoms with Crippen LogP contribution in [-0.4, -0.2) is 29.9 Å². The van der Waals surface area contributed by atoms with Crippen LogP contribution in [0.2, 0.25) is 0 Å². The molecule has 0 atom stereocenters. The first kappa shape index (κ1) is 17.2. The van der Waals surface area contributed by atoms with Crippen molar-refractivity contribution in [3.63, 3.8) is 0 Å². The molecule has 1 saturated heterocycles. The van der Waals surface area contributed by atoms with Crippen LogP contribution in [-0.2, 0) is 11.3 Å². The lowest BCUT2D eigenvalue weighted by Gasteiger charge is -2.15. The molecule has 0 spiro atoms. The Balaban J connectivity index is 1.61. The Bertz CT molecular complexity index is 774. The second kappa shape index (κ2) is 7.51. The Morgan fingerprint density at radius 1 is 1.00 bits per heavy atom. The minimum absolute atomic E-state index is 0.0800. The molecule has 0 aliphatic carbocycles. The van der Waals surface area contributed by atoms with Gasteiger partial charge >= 0.3 is 5.97 Å². The number of ether oxygens (including phenoxy) is 1. The van der Waals surface area contributed by atoms with E-state index in [0.717, 1.165) is 42.6 Å². The number of esters is 1. The molecule has 25 heavy (non-hydrogen) atoms. The van der Waals surface area contributed by atoms with Crippen molar-refractivity contribution in [1.82, 2.24) is 4.90 Å². The molecule has 4 heteroatoms. The Labute approximate surface area is 148 Å². The van der Waals surface area contributed by atoms with Gasteiger partial charge in [-0.15, -0.1) is 0 Å². The number of benzene rings is 2. The van der Waals surface area contributed by atoms with Gasteiger partial charge in [0.1, 0.15) is 6.61 Å². The van der Waals surface area contributed by atoms with E-state index in [1.54, 1.807) is 0 Å². The Morgan fingerprint density at radius 2 is 1.68 bits per heavy atom. The van der Waals surface area contributed by atoms with E-state index in [1.807, 2.05) is 61.2 Å². The summed E-state index contributed by atoms with van der Waals surface area (Å²) in [6.07, 6.45) is 2.16. The molecule has 1 heterocycles. The largest absolute Gasteiger partial charge is 0.457 e. The van der Waals surface area contributed by atoms with E-state index in [0.29, 0.717) is 11.1 Å². The van der Waals surface area contributed by atoms with Crippen LogP contribution in [0.4, 0.5) is 0 Å². The van der Waals surface area contributed by atoms with Crippen molar-refractivity contribution >= 4 is 11.9 Å². The lowest BCUT2D eigenvalue weighted by atomic mass is 10.1. The Kier molecular flexibility index (Phi) is 5.17. The summed E-state index contributed by atoms with van der Waals surface area (Å²) in [6, 6.07) is 13.0. The first-order valence-electron chi connectivity index (χ1n) is 8.67. The third kappa shape index (κ3) is 4.08. The van der Waals surface area contributed by atoms with Gasteiger partial charge in [0.25, 0.3) is 5.91 Å². The van der Waals surface area contributed by atoms with Crippen molar-refractivity contribution in [2.24, 2.45) is 0 Å². The molecule has 2 aromatic rings. The summed E-state index contributed by atoms with van der Waals surface area (Å²) in [4.78, 5) is 26.5. The molecule has 0 bridgehead atoms. The van der Waals surface area contributed by atoms with Gasteiger partial charge in [-0.1, -0.05) is 29.8 Å². The van der Waals surface area contributed by atoms with E-state index in [1.165, 1.54) is 0 Å². The van der Waals surface area contributed by atoms with Crippen LogP contribution in [0.1, 0.15) is 50.2 Å². The summed E-state index contributed by atoms with van der Waals surface area (Å²) in [5.41, 5.74) is 4.09. The zero-order valence-corrected chi connectivity index (χ0v) is 14.7. The maximum absolute atomic E-state index is 12.3. The van der Waals surface area contributed by atoms with Crippen LogP contribution in [0.3, 0.4) is 0 Å². The highest BCUT2D eigenvalue weighted by atomic mass is 16.5. The van der Waals surface area contributed by atoms with Gasteiger partial charge in [-0.05, 0) is 56.0 Å². The smallest absolute Gasteiger partial charge is 0.338 e. The van der Waals surface area contributed by atoms with E-state index in [9.17, 15) is 9.59 Å². The van der Waals surface area contributed by atoms with E-state index in [-0.39, 0.29) is 18.5 Å². The third-order valence-corrected chi connectivity index (χ3v) is 4.58. The molecule has 0 N–H and O–H groups in total. The highest BCUT2D eigenvalue weighted by molar-refractivity contribution is 5.94. The zero-order valence-electron chi connectivity index (χ0n) is 14.7. The van der Waals surface area contributed by atoms with E-state index >= 15 is 0 Å². The second-order valence-electron chi connectivity index (χ2n) is 6.59. The fourth-order valence-corrected chi connectivity index (χ4v) is 3.03. The standard InChI is InChI=1S/C21H23NO3/c1-15-5-6-16(2)19(13-15)21(24)25-14-17-7-9-18(10-8-17)20(23)22-11-3-4-12-22/h5-10,13H,3-4,11-12,14H2,1-2H3. The highest BCUT2D eigenvalue weighted by Gasteiger charge is 2.19. The van der Waals surface area contributed by atoms with Crippen LogP contribution in [0.15, 0.2) is 42.5 Å². The first-order valence-corrected chi connectivity index (χ1v) is 8.67. The van der Waals surface area contributed by atoms with Gasteiger partial charge in [0.05, 0.1) is 5.56 Å². The van der Waals surface area contributed by atoms with Crippen LogP contribution in [0.5, 0.6) is 0 Å². The van der Waals surface area contributed by atoms with Crippen molar-refractivity contribution in [3.8, 4) is 0 Å². The number of rotatable bonds is 4. The summed E-state index contributed by atoms with van der Waals surface area (Å²) in [7, 11) is 0. The van der Waals surface area contributed by atoms with Crippen molar-refractivity contribution < 1.29 is 14.3 Å². The van der Waals surface area contributed by atoms with Gasteiger partial charge in [-0.2, -0.15) is 0 Å². The van der Waals surface area contributed by atoms with Crippen molar-refractivity contribution in [1.29, 1.82) is 0 Å². The van der Waals surface area contributed by atoms with Crippen LogP contribution < -0.4 is 0 Å². The molecule has 1 aliphatic rings. The molecule has 0 unspecified atom stereocenters. The fourth-order valence-electron chi connectivity index (χ4n) is 3.03. The van der Waals surface area contributed by atoms with Gasteiger partial charge < -0.3 is 9.64 Å². The van der Waals surface area contributed by atoms with E-state index in [4.69, 9.17) is 4.74 Å². The topological polar surface area (TPSA) is 46.6 Å². The summed E-state index contributed by atoms with van der Waals surface area (Å²) in [5.74, 6) is -0.241. The fraction of sp³-hybridized carbons (Fsp3) is 0.333. The normalized spacial score (nSPS) is 13.8. The first-order chi connectivity index (χ1) is 12.0. The highest BCUT2D eigenvalue weighted by Crippen LogP contribution is 2.16. The maximum Gasteiger partial charge on any atom is 0.338 e. The van der Waals surface area contributed by atoms with Gasteiger partial charge in [0.2, 0.25) is 0 Å². The molecule has 0 radical (unpaired) electrons. The molecule has 130 valence electrons. The molecular weight excluding hydrogens is 314 g/mol. The third-order valence-electron chi connectivity index (χ3n) is 4.58. The number of carbonyl (C=O) groups is 2. The summed E-state index contributed by atoms with van der Waals surface area (Å²) in [5, 5.41) is 0. The van der Waals surface area contributed by atoms with Gasteiger partial charge in [0, 0.05) is 18.7 Å². The predicted molar refractivity (Wildman–Crippen MR) is 96.6 cm³/mol. The minimum Gasteiger partial charge on any atom is -0.457 e. The number of aryl methyl sites for hydroxylation is 2. The number of carbonyl (C=O) groups excluding carboxylic acids is 2. The van der Waals surface area contributed by atoms with Gasteiger partial charge in [-0.25, -0.2) is 4.79 Å². The van der Waals surface area contributed by atoms with E-state index < -0.39 is 0 Å². The summed E-state index contributed by atoms with van der Waals surface area (Å²) < 4.78 is 5.42. The minimum atomic E-state index is -0.321. The molecule has 2 aromatic carbocycles. The zero-order chi connectivity index (χ0) is 17.8. The van der Waals surface area contributed by atoms with Crippen molar-refractivity contribution in [2.75, 3.05) is 13.1 Å². The summed E-state index contributed by atoms with van der Waals surface area (Å²) in [6.45, 7) is 5.73. The molecule has 1 aliphatic heterocycles. The molecule has 0 aromatic heterocycles. The van der Waals surface area contributed by atoms with Crippen LogP contribution in [0.25, 0.3) is 0 Å². The van der Waals surface area contributed by atoms with Crippen molar-refractivity contribution in [3.05, 3.63) is 70.3 Å². The lowest BCUT2D eigenvalue weighted by molar-refractivity contribution is 0.0471. The monoisotopic (exact) mass is 337 g/mol. The molecule has 1 fully saturated rings. The lowest BCUT2D eigenvalue weighted by Crippen LogP contribution is -2.27.